The Morgan fingerprint density at radius 2 is 2.10 bits per heavy atom. The van der Waals surface area contributed by atoms with Gasteiger partial charge in [0.1, 0.15) is 12.6 Å². The van der Waals surface area contributed by atoms with Crippen LogP contribution in [0.25, 0.3) is 11.2 Å². The van der Waals surface area contributed by atoms with E-state index in [0.29, 0.717) is 0 Å². The molecule has 114 valence electrons. The molecule has 2 aromatic rings. The number of aliphatic hydroxyl groups excluding tert-OH is 1. The monoisotopic (exact) mass is 291 g/mol. The molecular weight excluding hydrogens is 270 g/mol. The van der Waals surface area contributed by atoms with Gasteiger partial charge in [-0.3, -0.25) is 4.57 Å². The van der Waals surface area contributed by atoms with Crippen LogP contribution in [-0.2, 0) is 4.74 Å². The second-order valence-electron chi connectivity index (χ2n) is 5.17. The molecule has 0 radical (unpaired) electrons. The Balaban J connectivity index is 1.98. The zero-order valence-electron chi connectivity index (χ0n) is 12.4. The number of nitrogens with zero attached hydrogens (tertiary/aromatic N) is 5. The maximum atomic E-state index is 9.19. The molecule has 0 aliphatic carbocycles. The van der Waals surface area contributed by atoms with Crippen LogP contribution < -0.4 is 4.90 Å². The highest BCUT2D eigenvalue weighted by Gasteiger charge is 2.28. The predicted molar refractivity (Wildman–Crippen MR) is 79.1 cm³/mol. The van der Waals surface area contributed by atoms with Gasteiger partial charge in [-0.15, -0.1) is 0 Å². The zero-order valence-corrected chi connectivity index (χ0v) is 12.4. The van der Waals surface area contributed by atoms with Crippen LogP contribution in [0.3, 0.4) is 0 Å². The van der Waals surface area contributed by atoms with Crippen molar-refractivity contribution in [2.24, 2.45) is 0 Å². The summed E-state index contributed by atoms with van der Waals surface area (Å²) in [7, 11) is 0. The second-order valence-corrected chi connectivity index (χ2v) is 5.17. The summed E-state index contributed by atoms with van der Waals surface area (Å²) >= 11 is 0. The molecule has 1 saturated heterocycles. The number of fused-ring (bicyclic) bond motifs is 1. The largest absolute Gasteiger partial charge is 0.394 e. The minimum atomic E-state index is -0.105. The van der Waals surface area contributed by atoms with E-state index in [9.17, 15) is 5.11 Å². The number of aromatic nitrogens is 4. The standard InChI is InChI=1S/C14H21N5O2/c1-3-18(4-2)13-12-14(16-8-15-13)19(9-17-12)11-6-5-10(7-20)21-11/h8-11,20H,3-7H2,1-2H3. The number of hydrogen-bond acceptors (Lipinski definition) is 6. The first-order chi connectivity index (χ1) is 10.3. The van der Waals surface area contributed by atoms with Gasteiger partial charge in [0.25, 0.3) is 0 Å². The van der Waals surface area contributed by atoms with Gasteiger partial charge in [0.05, 0.1) is 19.0 Å². The van der Waals surface area contributed by atoms with Crippen LogP contribution in [0.2, 0.25) is 0 Å². The van der Waals surface area contributed by atoms with E-state index in [-0.39, 0.29) is 18.9 Å². The van der Waals surface area contributed by atoms with Crippen molar-refractivity contribution in [1.82, 2.24) is 19.5 Å². The molecule has 3 rings (SSSR count). The fraction of sp³-hybridized carbons (Fsp3) is 0.643. The van der Waals surface area contributed by atoms with E-state index in [1.165, 1.54) is 0 Å². The summed E-state index contributed by atoms with van der Waals surface area (Å²) in [6.07, 6.45) is 4.86. The third-order valence-electron chi connectivity index (χ3n) is 4.00. The first-order valence-electron chi connectivity index (χ1n) is 7.47. The average molecular weight is 291 g/mol. The van der Waals surface area contributed by atoms with Crippen molar-refractivity contribution in [2.75, 3.05) is 24.6 Å². The number of anilines is 1. The molecular formula is C14H21N5O2. The number of rotatable bonds is 5. The molecule has 2 aromatic heterocycles. The van der Waals surface area contributed by atoms with E-state index in [1.807, 2.05) is 4.57 Å². The summed E-state index contributed by atoms with van der Waals surface area (Å²) in [6, 6.07) is 0. The molecule has 1 N–H and O–H groups in total. The van der Waals surface area contributed by atoms with Crippen molar-refractivity contribution < 1.29 is 9.84 Å². The number of aliphatic hydroxyl groups is 1. The Hall–Kier alpha value is -1.73. The molecule has 0 amide bonds. The molecule has 1 fully saturated rings. The Kier molecular flexibility index (Phi) is 4.03. The Bertz CT molecular complexity index is 610. The molecule has 0 spiro atoms. The van der Waals surface area contributed by atoms with Crippen molar-refractivity contribution in [2.45, 2.75) is 39.0 Å². The molecule has 0 aromatic carbocycles. The van der Waals surface area contributed by atoms with Gasteiger partial charge in [-0.1, -0.05) is 0 Å². The van der Waals surface area contributed by atoms with Gasteiger partial charge >= 0.3 is 0 Å². The molecule has 1 aliphatic rings. The fourth-order valence-corrected chi connectivity index (χ4v) is 2.83. The third-order valence-corrected chi connectivity index (χ3v) is 4.00. The zero-order chi connectivity index (χ0) is 14.8. The fourth-order valence-electron chi connectivity index (χ4n) is 2.83. The molecule has 2 atom stereocenters. The van der Waals surface area contributed by atoms with Gasteiger partial charge in [0.2, 0.25) is 0 Å². The molecule has 0 saturated carbocycles. The van der Waals surface area contributed by atoms with E-state index in [4.69, 9.17) is 4.74 Å². The summed E-state index contributed by atoms with van der Waals surface area (Å²) in [5.41, 5.74) is 1.59. The van der Waals surface area contributed by atoms with E-state index in [2.05, 4.69) is 33.7 Å². The third kappa shape index (κ3) is 2.47. The topological polar surface area (TPSA) is 76.3 Å². The lowest BCUT2D eigenvalue weighted by molar-refractivity contribution is -0.0207. The number of imidazole rings is 1. The molecule has 2 unspecified atom stereocenters. The Labute approximate surface area is 123 Å². The Morgan fingerprint density at radius 3 is 2.76 bits per heavy atom. The van der Waals surface area contributed by atoms with Crippen molar-refractivity contribution in [3.05, 3.63) is 12.7 Å². The SMILES string of the molecule is CCN(CC)c1ncnc2c1ncn2C1CCC(CO)O1. The number of hydrogen-bond donors (Lipinski definition) is 1. The van der Waals surface area contributed by atoms with Crippen LogP contribution in [0, 0.1) is 0 Å². The van der Waals surface area contributed by atoms with Crippen molar-refractivity contribution in [1.29, 1.82) is 0 Å². The smallest absolute Gasteiger partial charge is 0.167 e. The highest BCUT2D eigenvalue weighted by Crippen LogP contribution is 2.31. The predicted octanol–water partition coefficient (Wildman–Crippen LogP) is 1.34. The van der Waals surface area contributed by atoms with Gasteiger partial charge in [0, 0.05) is 13.1 Å². The van der Waals surface area contributed by atoms with Crippen LogP contribution in [0.5, 0.6) is 0 Å². The van der Waals surface area contributed by atoms with Gasteiger partial charge in [0.15, 0.2) is 17.0 Å². The highest BCUT2D eigenvalue weighted by molar-refractivity contribution is 5.83. The maximum Gasteiger partial charge on any atom is 0.167 e. The molecule has 3 heterocycles. The second kappa shape index (κ2) is 5.95. The van der Waals surface area contributed by atoms with E-state index in [0.717, 1.165) is 42.9 Å². The van der Waals surface area contributed by atoms with E-state index < -0.39 is 0 Å². The first-order valence-corrected chi connectivity index (χ1v) is 7.47. The summed E-state index contributed by atoms with van der Waals surface area (Å²) in [5.74, 6) is 0.862. The van der Waals surface area contributed by atoms with E-state index in [1.54, 1.807) is 12.7 Å². The molecule has 21 heavy (non-hydrogen) atoms. The minimum Gasteiger partial charge on any atom is -0.394 e. The molecule has 0 bridgehead atoms. The van der Waals surface area contributed by atoms with Crippen LogP contribution >= 0.6 is 0 Å². The van der Waals surface area contributed by atoms with Crippen LogP contribution in [0.4, 0.5) is 5.82 Å². The van der Waals surface area contributed by atoms with Crippen LogP contribution in [-0.4, -0.2) is 50.4 Å². The quantitative estimate of drug-likeness (QED) is 0.896. The average Bonchev–Trinajstić information content (AvgIpc) is 3.14. The van der Waals surface area contributed by atoms with Gasteiger partial charge < -0.3 is 14.7 Å². The lowest BCUT2D eigenvalue weighted by atomic mass is 10.2. The number of ether oxygens (including phenoxy) is 1. The van der Waals surface area contributed by atoms with Crippen molar-refractivity contribution in [3.8, 4) is 0 Å². The van der Waals surface area contributed by atoms with Crippen LogP contribution in [0.1, 0.15) is 32.9 Å². The van der Waals surface area contributed by atoms with Crippen molar-refractivity contribution >= 4 is 17.0 Å². The Morgan fingerprint density at radius 1 is 1.29 bits per heavy atom. The molecule has 7 nitrogen and oxygen atoms in total. The first kappa shape index (κ1) is 14.2. The highest BCUT2D eigenvalue weighted by atomic mass is 16.5. The minimum absolute atomic E-state index is 0.0583. The van der Waals surface area contributed by atoms with Gasteiger partial charge in [-0.25, -0.2) is 15.0 Å². The summed E-state index contributed by atoms with van der Waals surface area (Å²) < 4.78 is 7.76. The normalized spacial score (nSPS) is 22.0. The maximum absolute atomic E-state index is 9.19. The van der Waals surface area contributed by atoms with E-state index >= 15 is 0 Å². The van der Waals surface area contributed by atoms with Gasteiger partial charge in [-0.2, -0.15) is 0 Å². The summed E-state index contributed by atoms with van der Waals surface area (Å²) in [6.45, 7) is 6.01. The molecule has 7 heteroatoms. The van der Waals surface area contributed by atoms with Crippen LogP contribution in [0.15, 0.2) is 12.7 Å². The molecule has 1 aliphatic heterocycles. The summed E-state index contributed by atoms with van der Waals surface area (Å²) in [5, 5.41) is 9.19. The summed E-state index contributed by atoms with van der Waals surface area (Å²) in [4.78, 5) is 15.4. The van der Waals surface area contributed by atoms with Gasteiger partial charge in [-0.05, 0) is 26.7 Å². The van der Waals surface area contributed by atoms with Crippen molar-refractivity contribution in [3.63, 3.8) is 0 Å². The lowest BCUT2D eigenvalue weighted by Crippen LogP contribution is -2.23. The lowest BCUT2D eigenvalue weighted by Gasteiger charge is -2.19.